The van der Waals surface area contributed by atoms with Gasteiger partial charge in [0.15, 0.2) is 0 Å². The average molecular weight is 370 g/mol. The van der Waals surface area contributed by atoms with Gasteiger partial charge in [-0.15, -0.1) is 0 Å². The summed E-state index contributed by atoms with van der Waals surface area (Å²) in [5, 5.41) is 0. The summed E-state index contributed by atoms with van der Waals surface area (Å²) >= 11 is 0. The molecule has 7 nitrogen and oxygen atoms in total. The standard InChI is InChI=1S/C17H26N2O5S/c1-4-24-15-9-11-19(12-10-15)17(20)13(2)18-25(21,22)16-7-5-14(23-3)6-8-16/h5-8,13,15,18H,4,9-12H2,1-3H3/t13-/m0/s1. The van der Waals surface area contributed by atoms with E-state index in [4.69, 9.17) is 9.47 Å². The number of ether oxygens (including phenoxy) is 2. The van der Waals surface area contributed by atoms with Gasteiger partial charge in [-0.1, -0.05) is 0 Å². The first-order valence-electron chi connectivity index (χ1n) is 8.44. The molecule has 0 unspecified atom stereocenters. The quantitative estimate of drug-likeness (QED) is 0.784. The van der Waals surface area contributed by atoms with E-state index in [1.165, 1.54) is 19.2 Å². The molecule has 1 aromatic carbocycles. The van der Waals surface area contributed by atoms with Crippen LogP contribution in [0.3, 0.4) is 0 Å². The van der Waals surface area contributed by atoms with Crippen LogP contribution in [0.2, 0.25) is 0 Å². The molecule has 1 aliphatic heterocycles. The van der Waals surface area contributed by atoms with Crippen LogP contribution in [0.25, 0.3) is 0 Å². The highest BCUT2D eigenvalue weighted by molar-refractivity contribution is 7.89. The Kier molecular flexibility index (Phi) is 6.80. The Labute approximate surface area is 149 Å². The van der Waals surface area contributed by atoms with Crippen molar-refractivity contribution in [3.05, 3.63) is 24.3 Å². The van der Waals surface area contributed by atoms with Gasteiger partial charge < -0.3 is 14.4 Å². The first kappa shape index (κ1) is 19.7. The van der Waals surface area contributed by atoms with Gasteiger partial charge in [0.1, 0.15) is 5.75 Å². The van der Waals surface area contributed by atoms with Crippen LogP contribution in [0, 0.1) is 0 Å². The highest BCUT2D eigenvalue weighted by Crippen LogP contribution is 2.17. The second-order valence-corrected chi connectivity index (χ2v) is 7.71. The van der Waals surface area contributed by atoms with Crippen LogP contribution in [-0.4, -0.2) is 58.2 Å². The highest BCUT2D eigenvalue weighted by Gasteiger charge is 2.29. The normalized spacial score (nSPS) is 17.3. The van der Waals surface area contributed by atoms with Crippen LogP contribution in [0.5, 0.6) is 5.75 Å². The molecular weight excluding hydrogens is 344 g/mol. The Morgan fingerprint density at radius 2 is 1.88 bits per heavy atom. The van der Waals surface area contributed by atoms with Crippen LogP contribution in [-0.2, 0) is 19.6 Å². The molecule has 1 aromatic rings. The Balaban J connectivity index is 1.95. The van der Waals surface area contributed by atoms with E-state index in [0.717, 1.165) is 12.8 Å². The van der Waals surface area contributed by atoms with E-state index in [1.54, 1.807) is 24.0 Å². The number of rotatable bonds is 7. The van der Waals surface area contributed by atoms with E-state index in [9.17, 15) is 13.2 Å². The SMILES string of the molecule is CCOC1CCN(C(=O)[C@H](C)NS(=O)(=O)c2ccc(OC)cc2)CC1. The number of amides is 1. The Hall–Kier alpha value is -1.64. The molecular formula is C17H26N2O5S. The van der Waals surface area contributed by atoms with Crippen LogP contribution in [0.4, 0.5) is 0 Å². The van der Waals surface area contributed by atoms with Gasteiger partial charge in [0, 0.05) is 19.7 Å². The lowest BCUT2D eigenvalue weighted by molar-refractivity contribution is -0.135. The number of nitrogens with one attached hydrogen (secondary N) is 1. The predicted octanol–water partition coefficient (Wildman–Crippen LogP) is 1.39. The minimum absolute atomic E-state index is 0.100. The molecule has 0 bridgehead atoms. The van der Waals surface area contributed by atoms with Crippen molar-refractivity contribution in [2.45, 2.75) is 43.7 Å². The third-order valence-corrected chi connectivity index (χ3v) is 5.78. The monoisotopic (exact) mass is 370 g/mol. The first-order chi connectivity index (χ1) is 11.9. The number of nitrogens with zero attached hydrogens (tertiary/aromatic N) is 1. The molecule has 1 fully saturated rings. The molecule has 0 radical (unpaired) electrons. The van der Waals surface area contributed by atoms with E-state index in [0.29, 0.717) is 25.4 Å². The van der Waals surface area contributed by atoms with Gasteiger partial charge in [-0.2, -0.15) is 4.72 Å². The molecule has 0 aliphatic carbocycles. The lowest BCUT2D eigenvalue weighted by Crippen LogP contribution is -2.50. The zero-order chi connectivity index (χ0) is 18.4. The van der Waals surface area contributed by atoms with E-state index in [2.05, 4.69) is 4.72 Å². The number of hydrogen-bond donors (Lipinski definition) is 1. The Bertz CT molecular complexity index is 667. The first-order valence-corrected chi connectivity index (χ1v) is 9.92. The lowest BCUT2D eigenvalue weighted by Gasteiger charge is -2.33. The molecule has 1 atom stereocenters. The Morgan fingerprint density at radius 1 is 1.28 bits per heavy atom. The molecule has 1 aliphatic rings. The molecule has 0 saturated carbocycles. The maximum absolute atomic E-state index is 12.5. The van der Waals surface area contributed by atoms with Crippen molar-refractivity contribution in [2.24, 2.45) is 0 Å². The van der Waals surface area contributed by atoms with Gasteiger partial charge in [-0.25, -0.2) is 8.42 Å². The van der Waals surface area contributed by atoms with E-state index in [-0.39, 0.29) is 16.9 Å². The summed E-state index contributed by atoms with van der Waals surface area (Å²) in [6.45, 7) is 5.35. The van der Waals surface area contributed by atoms with E-state index < -0.39 is 16.1 Å². The van der Waals surface area contributed by atoms with Gasteiger partial charge in [-0.3, -0.25) is 4.79 Å². The van der Waals surface area contributed by atoms with Crippen molar-refractivity contribution < 1.29 is 22.7 Å². The van der Waals surface area contributed by atoms with Gasteiger partial charge in [0.05, 0.1) is 24.2 Å². The summed E-state index contributed by atoms with van der Waals surface area (Å²) in [6.07, 6.45) is 1.73. The fourth-order valence-corrected chi connectivity index (χ4v) is 4.06. The van der Waals surface area contributed by atoms with Gasteiger partial charge in [0.2, 0.25) is 15.9 Å². The van der Waals surface area contributed by atoms with Gasteiger partial charge >= 0.3 is 0 Å². The molecule has 8 heteroatoms. The van der Waals surface area contributed by atoms with Crippen molar-refractivity contribution in [1.29, 1.82) is 0 Å². The number of hydrogen-bond acceptors (Lipinski definition) is 5. The van der Waals surface area contributed by atoms with Crippen molar-refractivity contribution in [2.75, 3.05) is 26.8 Å². The summed E-state index contributed by atoms with van der Waals surface area (Å²) < 4.78 is 37.9. The van der Waals surface area contributed by atoms with Gasteiger partial charge in [-0.05, 0) is 51.0 Å². The molecule has 25 heavy (non-hydrogen) atoms. The number of carbonyl (C=O) groups excluding carboxylic acids is 1. The number of methoxy groups -OCH3 is 1. The average Bonchev–Trinajstić information content (AvgIpc) is 2.61. The Morgan fingerprint density at radius 3 is 2.40 bits per heavy atom. The lowest BCUT2D eigenvalue weighted by atomic mass is 10.1. The molecule has 0 spiro atoms. The van der Waals surface area contributed by atoms with E-state index >= 15 is 0 Å². The number of likely N-dealkylation sites (tertiary alicyclic amines) is 1. The van der Waals surface area contributed by atoms with Crippen molar-refractivity contribution >= 4 is 15.9 Å². The largest absolute Gasteiger partial charge is 0.497 e. The van der Waals surface area contributed by atoms with Crippen LogP contribution in [0.15, 0.2) is 29.2 Å². The minimum atomic E-state index is -3.77. The van der Waals surface area contributed by atoms with E-state index in [1.807, 2.05) is 6.92 Å². The third kappa shape index (κ3) is 5.17. The van der Waals surface area contributed by atoms with Gasteiger partial charge in [0.25, 0.3) is 0 Å². The van der Waals surface area contributed by atoms with Crippen LogP contribution >= 0.6 is 0 Å². The summed E-state index contributed by atoms with van der Waals surface area (Å²) in [5.74, 6) is 0.354. The van der Waals surface area contributed by atoms with Crippen LogP contribution < -0.4 is 9.46 Å². The highest BCUT2D eigenvalue weighted by atomic mass is 32.2. The summed E-state index contributed by atoms with van der Waals surface area (Å²) in [6, 6.07) is 5.22. The summed E-state index contributed by atoms with van der Waals surface area (Å²) in [4.78, 5) is 14.3. The number of sulfonamides is 1. The summed E-state index contributed by atoms with van der Waals surface area (Å²) in [7, 11) is -2.25. The molecule has 1 saturated heterocycles. The van der Waals surface area contributed by atoms with Crippen molar-refractivity contribution in [3.8, 4) is 5.75 Å². The molecule has 2 rings (SSSR count). The molecule has 0 aromatic heterocycles. The number of benzene rings is 1. The van der Waals surface area contributed by atoms with Crippen molar-refractivity contribution in [1.82, 2.24) is 9.62 Å². The number of piperidine rings is 1. The maximum Gasteiger partial charge on any atom is 0.241 e. The molecule has 140 valence electrons. The second kappa shape index (κ2) is 8.64. The zero-order valence-corrected chi connectivity index (χ0v) is 15.7. The minimum Gasteiger partial charge on any atom is -0.497 e. The topological polar surface area (TPSA) is 84.9 Å². The fourth-order valence-electron chi connectivity index (χ4n) is 2.86. The second-order valence-electron chi connectivity index (χ2n) is 6.00. The molecule has 1 amide bonds. The zero-order valence-electron chi connectivity index (χ0n) is 14.9. The number of carbonyl (C=O) groups is 1. The maximum atomic E-state index is 12.5. The van der Waals surface area contributed by atoms with Crippen LogP contribution in [0.1, 0.15) is 26.7 Å². The fraction of sp³-hybridized carbons (Fsp3) is 0.588. The molecule has 1 heterocycles. The van der Waals surface area contributed by atoms with Crippen molar-refractivity contribution in [3.63, 3.8) is 0 Å². The smallest absolute Gasteiger partial charge is 0.241 e. The molecule has 1 N–H and O–H groups in total. The predicted molar refractivity (Wildman–Crippen MR) is 94.0 cm³/mol. The summed E-state index contributed by atoms with van der Waals surface area (Å²) in [5.41, 5.74) is 0. The third-order valence-electron chi connectivity index (χ3n) is 4.23.